The molecule has 0 saturated carbocycles. The molecule has 0 bridgehead atoms. The monoisotopic (exact) mass is 587 g/mol. The zero-order valence-electron chi connectivity index (χ0n) is 24.1. The van der Waals surface area contributed by atoms with Crippen LogP contribution in [0.1, 0.15) is 35.1 Å². The Bertz CT molecular complexity index is 1600. The maximum atomic E-state index is 13.5. The summed E-state index contributed by atoms with van der Waals surface area (Å²) in [6, 6.07) is 17.9. The molecule has 4 rings (SSSR count). The lowest BCUT2D eigenvalue weighted by Gasteiger charge is -2.21. The van der Waals surface area contributed by atoms with Crippen LogP contribution in [0.15, 0.2) is 71.9 Å². The van der Waals surface area contributed by atoms with Gasteiger partial charge in [-0.3, -0.25) is 14.5 Å². The normalized spacial score (nSPS) is 11.2. The Morgan fingerprint density at radius 2 is 1.81 bits per heavy atom. The van der Waals surface area contributed by atoms with Gasteiger partial charge in [0.1, 0.15) is 17.5 Å². The Morgan fingerprint density at radius 1 is 1.05 bits per heavy atom. The van der Waals surface area contributed by atoms with Gasteiger partial charge >= 0.3 is 12.1 Å². The average molecular weight is 588 g/mol. The fourth-order valence-corrected chi connectivity index (χ4v) is 4.18. The van der Waals surface area contributed by atoms with E-state index in [0.717, 1.165) is 17.0 Å². The number of carbonyl (C=O) groups is 3. The van der Waals surface area contributed by atoms with Crippen molar-refractivity contribution in [2.75, 3.05) is 37.2 Å². The van der Waals surface area contributed by atoms with Gasteiger partial charge in [-0.1, -0.05) is 6.07 Å². The highest BCUT2D eigenvalue weighted by Gasteiger charge is 2.21. The molecule has 13 heteroatoms. The van der Waals surface area contributed by atoms with Crippen LogP contribution in [-0.4, -0.2) is 65.4 Å². The first-order valence-electron chi connectivity index (χ1n) is 13.5. The van der Waals surface area contributed by atoms with E-state index in [9.17, 15) is 14.4 Å². The number of hydrogen-bond donors (Lipinski definition) is 2. The van der Waals surface area contributed by atoms with Crippen molar-refractivity contribution < 1.29 is 28.6 Å². The number of ether oxygens (including phenoxy) is 3. The van der Waals surface area contributed by atoms with Gasteiger partial charge in [0.25, 0.3) is 5.91 Å². The number of amidine groups is 1. The van der Waals surface area contributed by atoms with E-state index in [4.69, 9.17) is 20.2 Å². The highest BCUT2D eigenvalue weighted by molar-refractivity contribution is 6.07. The number of rotatable bonds is 12. The summed E-state index contributed by atoms with van der Waals surface area (Å²) in [6.07, 6.45) is 0.824. The van der Waals surface area contributed by atoms with Gasteiger partial charge in [-0.25, -0.2) is 19.8 Å². The number of fused-ring (bicyclic) bond motifs is 1. The van der Waals surface area contributed by atoms with Crippen LogP contribution in [0, 0.1) is 0 Å². The molecule has 2 heterocycles. The van der Waals surface area contributed by atoms with Crippen LogP contribution in [0.25, 0.3) is 11.0 Å². The molecule has 13 nitrogen and oxygen atoms in total. The Labute approximate surface area is 248 Å². The van der Waals surface area contributed by atoms with Crippen LogP contribution >= 0.6 is 0 Å². The number of benzene rings is 2. The third-order valence-corrected chi connectivity index (χ3v) is 6.47. The minimum absolute atomic E-state index is 0.0325. The SMILES string of the molecule is CCOC(=O)OC/N=C(/N)c1ccc(NCc2nc3cc(C(=O)N(CCC(=O)OC)c4ccccn4)ccc3n2C)cc1. The van der Waals surface area contributed by atoms with E-state index in [1.807, 2.05) is 29.8 Å². The summed E-state index contributed by atoms with van der Waals surface area (Å²) < 4.78 is 16.2. The fraction of sp³-hybridized carbons (Fsp3) is 0.267. The number of imidazole rings is 1. The molecule has 0 aliphatic rings. The number of esters is 1. The number of aromatic nitrogens is 3. The lowest BCUT2D eigenvalue weighted by atomic mass is 10.1. The smallest absolute Gasteiger partial charge is 0.469 e. The first-order chi connectivity index (χ1) is 20.8. The van der Waals surface area contributed by atoms with Crippen molar-refractivity contribution in [3.63, 3.8) is 0 Å². The molecule has 3 N–H and O–H groups in total. The summed E-state index contributed by atoms with van der Waals surface area (Å²) in [7, 11) is 3.22. The van der Waals surface area contributed by atoms with Gasteiger partial charge in [-0.2, -0.15) is 0 Å². The Kier molecular flexibility index (Phi) is 10.2. The molecule has 2 aromatic heterocycles. The Morgan fingerprint density at radius 3 is 2.51 bits per heavy atom. The zero-order chi connectivity index (χ0) is 30.8. The van der Waals surface area contributed by atoms with E-state index in [-0.39, 0.29) is 38.0 Å². The molecule has 43 heavy (non-hydrogen) atoms. The molecule has 0 unspecified atom stereocenters. The molecule has 0 atom stereocenters. The van der Waals surface area contributed by atoms with Crippen molar-refractivity contribution in [1.29, 1.82) is 0 Å². The number of aryl methyl sites for hydroxylation is 1. The number of carbonyl (C=O) groups excluding carboxylic acids is 3. The first-order valence-corrected chi connectivity index (χ1v) is 13.5. The largest absolute Gasteiger partial charge is 0.510 e. The molecule has 0 fully saturated rings. The predicted octanol–water partition coefficient (Wildman–Crippen LogP) is 3.63. The number of aliphatic imine (C=N–C) groups is 1. The number of nitrogens with two attached hydrogens (primary N) is 1. The Balaban J connectivity index is 1.44. The quantitative estimate of drug-likeness (QED) is 0.142. The summed E-state index contributed by atoms with van der Waals surface area (Å²) in [5.41, 5.74) is 9.42. The average Bonchev–Trinajstić information content (AvgIpc) is 3.34. The van der Waals surface area contributed by atoms with Crippen LogP contribution < -0.4 is 16.0 Å². The van der Waals surface area contributed by atoms with Crippen LogP contribution in [-0.2, 0) is 32.6 Å². The van der Waals surface area contributed by atoms with E-state index >= 15 is 0 Å². The second kappa shape index (κ2) is 14.4. The molecule has 0 saturated heterocycles. The number of anilines is 2. The summed E-state index contributed by atoms with van der Waals surface area (Å²) in [6.45, 7) is 2.20. The highest BCUT2D eigenvalue weighted by atomic mass is 16.7. The number of nitrogens with one attached hydrogen (secondary N) is 1. The maximum absolute atomic E-state index is 13.5. The van der Waals surface area contributed by atoms with Crippen LogP contribution in [0.2, 0.25) is 0 Å². The molecular formula is C30H33N7O6. The second-order valence-electron chi connectivity index (χ2n) is 9.19. The second-order valence-corrected chi connectivity index (χ2v) is 9.19. The number of hydrogen-bond acceptors (Lipinski definition) is 10. The van der Waals surface area contributed by atoms with Gasteiger partial charge in [0.15, 0.2) is 6.73 Å². The van der Waals surface area contributed by atoms with Gasteiger partial charge in [0, 0.05) is 36.6 Å². The maximum Gasteiger partial charge on any atom is 0.510 e. The molecule has 0 radical (unpaired) electrons. The standard InChI is InChI=1S/C30H33N7O6/c1-4-42-30(40)43-19-34-28(31)20-8-11-22(12-9-20)33-18-26-35-23-17-21(10-13-24(23)36(26)2)29(39)37(16-14-27(38)41-3)25-7-5-6-15-32-25/h5-13,15,17,33H,4,14,16,18-19H2,1-3H3,(H2,31,34). The topological polar surface area (TPSA) is 163 Å². The number of amides is 1. The van der Waals surface area contributed by atoms with Crippen molar-refractivity contribution in [2.45, 2.75) is 19.9 Å². The van der Waals surface area contributed by atoms with Crippen molar-refractivity contribution in [3.05, 3.63) is 83.8 Å². The molecule has 0 aliphatic carbocycles. The summed E-state index contributed by atoms with van der Waals surface area (Å²) in [5, 5.41) is 3.33. The van der Waals surface area contributed by atoms with Crippen LogP contribution in [0.4, 0.5) is 16.3 Å². The molecule has 0 spiro atoms. The van der Waals surface area contributed by atoms with Gasteiger partial charge < -0.3 is 29.8 Å². The summed E-state index contributed by atoms with van der Waals surface area (Å²) in [4.78, 5) is 51.1. The van der Waals surface area contributed by atoms with Gasteiger partial charge in [-0.15, -0.1) is 0 Å². The molecular weight excluding hydrogens is 554 g/mol. The van der Waals surface area contributed by atoms with Crippen molar-refractivity contribution in [3.8, 4) is 0 Å². The lowest BCUT2D eigenvalue weighted by molar-refractivity contribution is -0.140. The van der Waals surface area contributed by atoms with Crippen molar-refractivity contribution in [2.24, 2.45) is 17.8 Å². The first kappa shape index (κ1) is 30.5. The third-order valence-electron chi connectivity index (χ3n) is 6.47. The number of pyridine rings is 1. The highest BCUT2D eigenvalue weighted by Crippen LogP contribution is 2.21. The lowest BCUT2D eigenvalue weighted by Crippen LogP contribution is -2.33. The van der Waals surface area contributed by atoms with Crippen LogP contribution in [0.5, 0.6) is 0 Å². The molecule has 4 aromatic rings. The molecule has 2 aromatic carbocycles. The van der Waals surface area contributed by atoms with Gasteiger partial charge in [0.2, 0.25) is 0 Å². The third kappa shape index (κ3) is 7.85. The molecule has 0 aliphatic heterocycles. The minimum Gasteiger partial charge on any atom is -0.469 e. The molecule has 1 amide bonds. The van der Waals surface area contributed by atoms with Gasteiger partial charge in [0.05, 0.1) is 37.7 Å². The number of nitrogens with zero attached hydrogens (tertiary/aromatic N) is 5. The van der Waals surface area contributed by atoms with E-state index < -0.39 is 12.1 Å². The van der Waals surface area contributed by atoms with E-state index in [1.165, 1.54) is 12.0 Å². The minimum atomic E-state index is -0.800. The van der Waals surface area contributed by atoms with E-state index in [1.54, 1.807) is 55.6 Å². The van der Waals surface area contributed by atoms with Crippen molar-refractivity contribution in [1.82, 2.24) is 14.5 Å². The van der Waals surface area contributed by atoms with Crippen molar-refractivity contribution >= 4 is 46.4 Å². The summed E-state index contributed by atoms with van der Waals surface area (Å²) >= 11 is 0. The predicted molar refractivity (Wildman–Crippen MR) is 161 cm³/mol. The molecule has 224 valence electrons. The Hall–Kier alpha value is -5.46. The van der Waals surface area contributed by atoms with Crippen LogP contribution in [0.3, 0.4) is 0 Å². The van der Waals surface area contributed by atoms with Gasteiger partial charge in [-0.05, 0) is 61.5 Å². The van der Waals surface area contributed by atoms with E-state index in [2.05, 4.69) is 20.0 Å². The zero-order valence-corrected chi connectivity index (χ0v) is 24.1. The summed E-state index contributed by atoms with van der Waals surface area (Å²) in [5.74, 6) is 0.700. The number of methoxy groups -OCH3 is 1. The fourth-order valence-electron chi connectivity index (χ4n) is 4.18. The van der Waals surface area contributed by atoms with E-state index in [0.29, 0.717) is 29.0 Å².